The highest BCUT2D eigenvalue weighted by Crippen LogP contribution is 2.43. The highest BCUT2D eigenvalue weighted by molar-refractivity contribution is 6.30. The van der Waals surface area contributed by atoms with Gasteiger partial charge in [-0.1, -0.05) is 239 Å². The number of hydrogen-bond acceptors (Lipinski definition) is 4. The molecule has 93 heavy (non-hydrogen) atoms. The van der Waals surface area contributed by atoms with Crippen LogP contribution in [0.15, 0.2) is 364 Å². The Bertz CT molecular complexity index is 4710. The van der Waals surface area contributed by atoms with Gasteiger partial charge in [-0.2, -0.15) is 0 Å². The van der Waals surface area contributed by atoms with Gasteiger partial charge in [0.15, 0.2) is 0 Å². The monoisotopic (exact) mass is 1220 g/mol. The average molecular weight is 1220 g/mol. The van der Waals surface area contributed by atoms with Crippen molar-refractivity contribution < 1.29 is 0 Å². The lowest BCUT2D eigenvalue weighted by molar-refractivity contribution is 0.590. The summed E-state index contributed by atoms with van der Waals surface area (Å²) in [4.78, 5) is 9.26. The standard InChI is InChI=1S/C88H69ClN4/c1-88(2,3)74-40-60-86(61-41-74)92(82-52-32-70(33-53-82)68-28-48-80(49-29-68)90(76-20-12-6-13-21-76)78-44-24-66(25-45-78)64-16-8-4-9-17-64)83-54-34-71(35-55-83)73-38-58-85(59-39-73)93(87-62-42-75(89)43-63-87)84-56-36-72(37-57-84)69-30-50-81(51-31-69)91(77-22-14-7-15-23-77)79-46-26-67(27-47-79)65-18-10-5-11-19-65/h4-63H,1-3H3. The summed E-state index contributed by atoms with van der Waals surface area (Å²) in [5.41, 5.74) is 25.8. The van der Waals surface area contributed by atoms with E-state index in [-0.39, 0.29) is 5.41 Å². The summed E-state index contributed by atoms with van der Waals surface area (Å²) in [6.45, 7) is 6.79. The first-order chi connectivity index (χ1) is 45.6. The molecule has 14 aromatic carbocycles. The summed E-state index contributed by atoms with van der Waals surface area (Å²) >= 11 is 6.50. The van der Waals surface area contributed by atoms with Crippen molar-refractivity contribution in [2.75, 3.05) is 19.6 Å². The molecular formula is C88H69ClN4. The molecule has 14 rings (SSSR count). The van der Waals surface area contributed by atoms with Crippen LogP contribution in [-0.4, -0.2) is 0 Å². The molecule has 0 saturated carbocycles. The lowest BCUT2D eigenvalue weighted by Gasteiger charge is -2.27. The number of nitrogens with zero attached hydrogens (tertiary/aromatic N) is 4. The van der Waals surface area contributed by atoms with E-state index >= 15 is 0 Å². The third kappa shape index (κ3) is 13.1. The maximum Gasteiger partial charge on any atom is 0.0462 e. The van der Waals surface area contributed by atoms with Crippen LogP contribution in [0.2, 0.25) is 5.02 Å². The van der Waals surface area contributed by atoms with E-state index in [4.69, 9.17) is 11.6 Å². The van der Waals surface area contributed by atoms with Crippen LogP contribution in [0.1, 0.15) is 26.3 Å². The van der Waals surface area contributed by atoms with Crippen molar-refractivity contribution in [3.8, 4) is 55.6 Å². The van der Waals surface area contributed by atoms with Crippen LogP contribution in [-0.2, 0) is 5.41 Å². The molecule has 0 aliphatic rings. The molecular weight excluding hydrogens is 1150 g/mol. The van der Waals surface area contributed by atoms with E-state index in [1.165, 1.54) is 27.8 Å². The fraction of sp³-hybridized carbons (Fsp3) is 0.0455. The Labute approximate surface area is 552 Å². The Hall–Kier alpha value is -11.4. The number of hydrogen-bond donors (Lipinski definition) is 0. The van der Waals surface area contributed by atoms with E-state index in [1.807, 2.05) is 12.1 Å². The van der Waals surface area contributed by atoms with E-state index < -0.39 is 0 Å². The minimum Gasteiger partial charge on any atom is -0.311 e. The smallest absolute Gasteiger partial charge is 0.0462 e. The number of para-hydroxylation sites is 2. The third-order valence-electron chi connectivity index (χ3n) is 17.3. The normalized spacial score (nSPS) is 11.2. The van der Waals surface area contributed by atoms with Crippen molar-refractivity contribution in [2.45, 2.75) is 26.2 Å². The summed E-state index contributed by atoms with van der Waals surface area (Å²) < 4.78 is 0. The zero-order chi connectivity index (χ0) is 63.1. The first kappa shape index (κ1) is 59.2. The molecule has 0 radical (unpaired) electrons. The van der Waals surface area contributed by atoms with Gasteiger partial charge in [0, 0.05) is 73.3 Å². The fourth-order valence-corrected chi connectivity index (χ4v) is 12.5. The van der Waals surface area contributed by atoms with Crippen LogP contribution in [0.25, 0.3) is 55.6 Å². The van der Waals surface area contributed by atoms with Gasteiger partial charge in [-0.25, -0.2) is 0 Å². The van der Waals surface area contributed by atoms with Gasteiger partial charge in [0.2, 0.25) is 0 Å². The second kappa shape index (κ2) is 26.6. The predicted molar refractivity (Wildman–Crippen MR) is 396 cm³/mol. The van der Waals surface area contributed by atoms with Crippen LogP contribution < -0.4 is 19.6 Å². The molecule has 0 aliphatic heterocycles. The molecule has 0 spiro atoms. The quantitative estimate of drug-likeness (QED) is 0.0901. The average Bonchev–Trinajstić information content (AvgIpc) is 1.01. The molecule has 4 nitrogen and oxygen atoms in total. The van der Waals surface area contributed by atoms with Crippen LogP contribution in [0.5, 0.6) is 0 Å². The largest absolute Gasteiger partial charge is 0.311 e. The number of anilines is 12. The van der Waals surface area contributed by atoms with Gasteiger partial charge < -0.3 is 19.6 Å². The number of halogens is 1. The van der Waals surface area contributed by atoms with Crippen molar-refractivity contribution in [1.29, 1.82) is 0 Å². The predicted octanol–water partition coefficient (Wildman–Crippen LogP) is 25.9. The van der Waals surface area contributed by atoms with Crippen molar-refractivity contribution >= 4 is 79.8 Å². The first-order valence-corrected chi connectivity index (χ1v) is 32.1. The van der Waals surface area contributed by atoms with E-state index in [0.29, 0.717) is 5.02 Å². The lowest BCUT2D eigenvalue weighted by atomic mass is 9.87. The SMILES string of the molecule is CC(C)(C)c1ccc(N(c2ccc(-c3ccc(N(c4ccccc4)c4ccc(-c5ccccc5)cc4)cc3)cc2)c2ccc(-c3ccc(N(c4ccc(Cl)cc4)c4ccc(-c5ccc(N(c6ccccc6)c6ccc(-c7ccccc7)cc6)cc5)cc4)cc3)cc2)cc1. The van der Waals surface area contributed by atoms with E-state index in [9.17, 15) is 0 Å². The molecule has 0 saturated heterocycles. The molecule has 5 heteroatoms. The molecule has 0 unspecified atom stereocenters. The molecule has 0 atom stereocenters. The summed E-state index contributed by atoms with van der Waals surface area (Å²) in [5, 5.41) is 0.694. The highest BCUT2D eigenvalue weighted by Gasteiger charge is 2.20. The zero-order valence-corrected chi connectivity index (χ0v) is 53.1. The van der Waals surface area contributed by atoms with Gasteiger partial charge in [0.25, 0.3) is 0 Å². The lowest BCUT2D eigenvalue weighted by Crippen LogP contribution is -2.13. The third-order valence-corrected chi connectivity index (χ3v) is 17.6. The molecule has 0 fully saturated rings. The van der Waals surface area contributed by atoms with Gasteiger partial charge >= 0.3 is 0 Å². The second-order valence-corrected chi connectivity index (χ2v) is 24.8. The summed E-state index contributed by atoms with van der Waals surface area (Å²) in [6, 6.07) is 130. The van der Waals surface area contributed by atoms with Crippen LogP contribution >= 0.6 is 11.6 Å². The molecule has 14 aromatic rings. The molecule has 0 amide bonds. The molecule has 0 heterocycles. The fourth-order valence-electron chi connectivity index (χ4n) is 12.3. The Balaban J connectivity index is 0.707. The number of rotatable bonds is 17. The zero-order valence-electron chi connectivity index (χ0n) is 52.3. The second-order valence-electron chi connectivity index (χ2n) is 24.4. The van der Waals surface area contributed by atoms with Crippen LogP contribution in [0.4, 0.5) is 68.2 Å². The van der Waals surface area contributed by atoms with Gasteiger partial charge in [-0.15, -0.1) is 0 Å². The van der Waals surface area contributed by atoms with E-state index in [0.717, 1.165) is 102 Å². The summed E-state index contributed by atoms with van der Waals surface area (Å²) in [5.74, 6) is 0. The molecule has 448 valence electrons. The highest BCUT2D eigenvalue weighted by atomic mass is 35.5. The van der Waals surface area contributed by atoms with Crippen molar-refractivity contribution in [1.82, 2.24) is 0 Å². The Morgan fingerprint density at radius 3 is 0.516 bits per heavy atom. The topological polar surface area (TPSA) is 13.0 Å². The van der Waals surface area contributed by atoms with Crippen molar-refractivity contribution in [3.05, 3.63) is 375 Å². The maximum atomic E-state index is 6.50. The van der Waals surface area contributed by atoms with E-state index in [1.54, 1.807) is 0 Å². The maximum absolute atomic E-state index is 6.50. The minimum atomic E-state index is 0.0269. The summed E-state index contributed by atoms with van der Waals surface area (Å²) in [6.07, 6.45) is 0. The van der Waals surface area contributed by atoms with Crippen LogP contribution in [0, 0.1) is 0 Å². The summed E-state index contributed by atoms with van der Waals surface area (Å²) in [7, 11) is 0. The molecule has 0 aliphatic carbocycles. The first-order valence-electron chi connectivity index (χ1n) is 31.7. The Kier molecular flexibility index (Phi) is 16.9. The van der Waals surface area contributed by atoms with Crippen molar-refractivity contribution in [2.24, 2.45) is 0 Å². The molecule has 0 N–H and O–H groups in total. The minimum absolute atomic E-state index is 0.0269. The van der Waals surface area contributed by atoms with Crippen molar-refractivity contribution in [3.63, 3.8) is 0 Å². The van der Waals surface area contributed by atoms with Gasteiger partial charge in [-0.3, -0.25) is 0 Å². The van der Waals surface area contributed by atoms with Gasteiger partial charge in [-0.05, 0) is 224 Å². The van der Waals surface area contributed by atoms with Gasteiger partial charge in [0.05, 0.1) is 0 Å². The Morgan fingerprint density at radius 2 is 0.323 bits per heavy atom. The van der Waals surface area contributed by atoms with Gasteiger partial charge in [0.1, 0.15) is 0 Å². The molecule has 0 bridgehead atoms. The van der Waals surface area contributed by atoms with Crippen LogP contribution in [0.3, 0.4) is 0 Å². The van der Waals surface area contributed by atoms with E-state index in [2.05, 4.69) is 392 Å². The molecule has 0 aromatic heterocycles. The Morgan fingerprint density at radius 1 is 0.172 bits per heavy atom. The number of benzene rings is 14.